The van der Waals surface area contributed by atoms with Gasteiger partial charge >= 0.3 is 0 Å². The van der Waals surface area contributed by atoms with Gasteiger partial charge in [-0.25, -0.2) is 0 Å². The third kappa shape index (κ3) is 5.69. The molecule has 3 aromatic rings. The van der Waals surface area contributed by atoms with Crippen LogP contribution in [0.4, 0.5) is 0 Å². The van der Waals surface area contributed by atoms with Crippen molar-refractivity contribution in [2.45, 2.75) is 85.1 Å². The Morgan fingerprint density at radius 3 is 2.09 bits per heavy atom. The molecule has 174 valence electrons. The molecule has 32 heavy (non-hydrogen) atoms. The van der Waals surface area contributed by atoms with E-state index in [1.165, 1.54) is 24.8 Å². The molecular weight excluding hydrogens is 396 g/mol. The predicted molar refractivity (Wildman–Crippen MR) is 134 cm³/mol. The lowest BCUT2D eigenvalue weighted by Gasteiger charge is -2.28. The topological polar surface area (TPSA) is 54.2 Å². The molecular formula is C27H40N4O. The molecule has 3 rings (SSSR count). The van der Waals surface area contributed by atoms with E-state index in [4.69, 9.17) is 0 Å². The third-order valence-electron chi connectivity index (χ3n) is 6.33. The summed E-state index contributed by atoms with van der Waals surface area (Å²) in [5.74, 6) is 0.288. The minimum absolute atomic E-state index is 0.0132. The molecule has 1 N–H and O–H groups in total. The standard InChI is InChI=1S/C27H40N4O/c1-6-9-12-15-27(4,5)22-18-21(20-30(16-7-2)17-8-3)26(32)25(19-22)31-28-23-13-10-11-14-24(23)29-31/h10-11,13-14,18-19,32H,6-9,12,15-17,20H2,1-5H3. The van der Waals surface area contributed by atoms with E-state index in [0.29, 0.717) is 5.69 Å². The Hall–Kier alpha value is -2.40. The summed E-state index contributed by atoms with van der Waals surface area (Å²) in [7, 11) is 0. The average Bonchev–Trinajstić information content (AvgIpc) is 3.19. The number of hydrogen-bond acceptors (Lipinski definition) is 4. The average molecular weight is 437 g/mol. The van der Waals surface area contributed by atoms with Crippen molar-refractivity contribution in [2.75, 3.05) is 13.1 Å². The van der Waals surface area contributed by atoms with E-state index < -0.39 is 0 Å². The van der Waals surface area contributed by atoms with Gasteiger partial charge in [0.1, 0.15) is 22.5 Å². The van der Waals surface area contributed by atoms with Crippen LogP contribution in [0.2, 0.25) is 0 Å². The van der Waals surface area contributed by atoms with Crippen LogP contribution in [0, 0.1) is 0 Å². The minimum Gasteiger partial charge on any atom is -0.505 e. The first-order chi connectivity index (χ1) is 15.4. The first-order valence-electron chi connectivity index (χ1n) is 12.3. The van der Waals surface area contributed by atoms with Gasteiger partial charge in [0.2, 0.25) is 0 Å². The first kappa shape index (κ1) is 24.2. The van der Waals surface area contributed by atoms with Gasteiger partial charge in [0, 0.05) is 12.1 Å². The fraction of sp³-hybridized carbons (Fsp3) is 0.556. The fourth-order valence-corrected chi connectivity index (χ4v) is 4.41. The van der Waals surface area contributed by atoms with Crippen molar-refractivity contribution in [3.05, 3.63) is 47.5 Å². The molecule has 0 amide bonds. The van der Waals surface area contributed by atoms with Crippen molar-refractivity contribution in [1.82, 2.24) is 19.9 Å². The maximum Gasteiger partial charge on any atom is 0.147 e. The van der Waals surface area contributed by atoms with Crippen LogP contribution in [0.3, 0.4) is 0 Å². The van der Waals surface area contributed by atoms with E-state index in [9.17, 15) is 5.11 Å². The van der Waals surface area contributed by atoms with Crippen molar-refractivity contribution >= 4 is 11.0 Å². The predicted octanol–water partition coefficient (Wildman–Crippen LogP) is 6.61. The zero-order chi connectivity index (χ0) is 23.1. The van der Waals surface area contributed by atoms with Gasteiger partial charge in [-0.05, 0) is 61.5 Å². The summed E-state index contributed by atoms with van der Waals surface area (Å²) in [4.78, 5) is 4.04. The lowest BCUT2D eigenvalue weighted by molar-refractivity contribution is 0.262. The molecule has 0 radical (unpaired) electrons. The molecule has 0 aliphatic heterocycles. The number of phenols is 1. The molecule has 0 saturated heterocycles. The monoisotopic (exact) mass is 436 g/mol. The minimum atomic E-state index is 0.0132. The van der Waals surface area contributed by atoms with Crippen LogP contribution in [0.25, 0.3) is 16.7 Å². The number of aromatic hydroxyl groups is 1. The summed E-state index contributed by atoms with van der Waals surface area (Å²) >= 11 is 0. The number of fused-ring (bicyclic) bond motifs is 1. The van der Waals surface area contributed by atoms with Gasteiger partial charge in [-0.15, -0.1) is 15.0 Å². The number of aromatic nitrogens is 3. The highest BCUT2D eigenvalue weighted by atomic mass is 16.3. The molecule has 5 nitrogen and oxygen atoms in total. The zero-order valence-electron chi connectivity index (χ0n) is 20.6. The Kier molecular flexibility index (Phi) is 8.30. The molecule has 0 spiro atoms. The highest BCUT2D eigenvalue weighted by Gasteiger charge is 2.25. The van der Waals surface area contributed by atoms with Gasteiger partial charge in [0.15, 0.2) is 0 Å². The normalized spacial score (nSPS) is 12.2. The van der Waals surface area contributed by atoms with Crippen molar-refractivity contribution in [3.63, 3.8) is 0 Å². The van der Waals surface area contributed by atoms with Gasteiger partial charge in [-0.1, -0.05) is 72.1 Å². The number of rotatable bonds is 12. The van der Waals surface area contributed by atoms with Gasteiger partial charge in [0.05, 0.1) is 0 Å². The van der Waals surface area contributed by atoms with Crippen LogP contribution in [-0.2, 0) is 12.0 Å². The number of hydrogen-bond donors (Lipinski definition) is 1. The second-order valence-electron chi connectivity index (χ2n) is 9.60. The smallest absolute Gasteiger partial charge is 0.147 e. The van der Waals surface area contributed by atoms with Gasteiger partial charge in [-0.3, -0.25) is 4.90 Å². The lowest BCUT2D eigenvalue weighted by atomic mass is 9.79. The van der Waals surface area contributed by atoms with Crippen LogP contribution >= 0.6 is 0 Å². The van der Waals surface area contributed by atoms with Crippen molar-refractivity contribution in [3.8, 4) is 11.4 Å². The van der Waals surface area contributed by atoms with Crippen LogP contribution in [0.15, 0.2) is 36.4 Å². The molecule has 0 saturated carbocycles. The Balaban J connectivity index is 2.07. The molecule has 0 fully saturated rings. The number of nitrogens with zero attached hydrogens (tertiary/aromatic N) is 4. The zero-order valence-corrected chi connectivity index (χ0v) is 20.6. The number of phenolic OH excluding ortho intramolecular Hbond substituents is 1. The SMILES string of the molecule is CCCCCC(C)(C)c1cc(CN(CCC)CCC)c(O)c(-n2nc3ccccc3n2)c1. The largest absolute Gasteiger partial charge is 0.505 e. The van der Waals surface area contributed by atoms with Gasteiger partial charge in [-0.2, -0.15) is 0 Å². The summed E-state index contributed by atoms with van der Waals surface area (Å²) in [5.41, 5.74) is 4.55. The van der Waals surface area contributed by atoms with Crippen molar-refractivity contribution < 1.29 is 5.11 Å². The Bertz CT molecular complexity index is 969. The second-order valence-corrected chi connectivity index (χ2v) is 9.60. The quantitative estimate of drug-likeness (QED) is 0.325. The van der Waals surface area contributed by atoms with E-state index in [2.05, 4.69) is 61.8 Å². The molecule has 0 aliphatic carbocycles. The number of unbranched alkanes of at least 4 members (excludes halogenated alkanes) is 2. The number of benzene rings is 2. The van der Waals surface area contributed by atoms with Crippen LogP contribution in [0.5, 0.6) is 5.75 Å². The van der Waals surface area contributed by atoms with Crippen LogP contribution in [-0.4, -0.2) is 38.1 Å². The maximum absolute atomic E-state index is 11.3. The van der Waals surface area contributed by atoms with Crippen LogP contribution < -0.4 is 0 Å². The Morgan fingerprint density at radius 1 is 0.906 bits per heavy atom. The molecule has 5 heteroatoms. The summed E-state index contributed by atoms with van der Waals surface area (Å²) in [6.45, 7) is 14.1. The summed E-state index contributed by atoms with van der Waals surface area (Å²) in [5, 5.41) is 20.7. The lowest BCUT2D eigenvalue weighted by Crippen LogP contribution is -2.26. The highest BCUT2D eigenvalue weighted by molar-refractivity contribution is 5.73. The third-order valence-corrected chi connectivity index (χ3v) is 6.33. The van der Waals surface area contributed by atoms with Gasteiger partial charge < -0.3 is 5.11 Å². The van der Waals surface area contributed by atoms with E-state index in [1.54, 1.807) is 4.80 Å². The molecule has 2 aromatic carbocycles. The Labute approximate surface area is 193 Å². The summed E-state index contributed by atoms with van der Waals surface area (Å²) < 4.78 is 0. The van der Waals surface area contributed by atoms with Crippen molar-refractivity contribution in [1.29, 1.82) is 0 Å². The van der Waals surface area contributed by atoms with Crippen LogP contribution in [0.1, 0.15) is 84.3 Å². The first-order valence-corrected chi connectivity index (χ1v) is 12.3. The highest BCUT2D eigenvalue weighted by Crippen LogP contribution is 2.36. The Morgan fingerprint density at radius 2 is 1.53 bits per heavy atom. The molecule has 1 aromatic heterocycles. The van der Waals surface area contributed by atoms with E-state index in [1.807, 2.05) is 24.3 Å². The fourth-order valence-electron chi connectivity index (χ4n) is 4.41. The molecule has 0 unspecified atom stereocenters. The van der Waals surface area contributed by atoms with Crippen molar-refractivity contribution in [2.24, 2.45) is 0 Å². The van der Waals surface area contributed by atoms with E-state index in [-0.39, 0.29) is 11.2 Å². The maximum atomic E-state index is 11.3. The molecule has 0 atom stereocenters. The molecule has 0 bridgehead atoms. The second kappa shape index (κ2) is 11.0. The van der Waals surface area contributed by atoms with E-state index >= 15 is 0 Å². The van der Waals surface area contributed by atoms with Gasteiger partial charge in [0.25, 0.3) is 0 Å². The molecule has 0 aliphatic rings. The summed E-state index contributed by atoms with van der Waals surface area (Å²) in [6.07, 6.45) is 6.98. The van der Waals surface area contributed by atoms with E-state index in [0.717, 1.165) is 55.5 Å². The summed E-state index contributed by atoms with van der Waals surface area (Å²) in [6, 6.07) is 12.2. The molecule has 1 heterocycles.